The second-order valence-corrected chi connectivity index (χ2v) is 6.54. The van der Waals surface area contributed by atoms with E-state index in [0.29, 0.717) is 11.4 Å². The molecule has 0 aliphatic rings. The predicted molar refractivity (Wildman–Crippen MR) is 86.0 cm³/mol. The van der Waals surface area contributed by atoms with E-state index in [4.69, 9.17) is 5.73 Å². The van der Waals surface area contributed by atoms with Crippen LogP contribution in [0.1, 0.15) is 34.6 Å². The molecule has 21 heavy (non-hydrogen) atoms. The number of nitrogens with two attached hydrogens (primary N) is 1. The third-order valence-electron chi connectivity index (χ3n) is 3.09. The van der Waals surface area contributed by atoms with E-state index in [1.54, 1.807) is 24.3 Å². The normalized spacial score (nSPS) is 12.9. The largest absolute Gasteiger partial charge is 0.326 e. The Bertz CT molecular complexity index is 518. The Kier molecular flexibility index (Phi) is 5.49. The number of amides is 2. The molecule has 1 aromatic rings. The molecule has 0 unspecified atom stereocenters. The minimum absolute atomic E-state index is 0.0637. The Morgan fingerprint density at radius 3 is 2.10 bits per heavy atom. The van der Waals surface area contributed by atoms with Crippen LogP contribution in [0, 0.1) is 11.3 Å². The van der Waals surface area contributed by atoms with Gasteiger partial charge in [-0.05, 0) is 24.1 Å². The molecular weight excluding hydrogens is 266 g/mol. The summed E-state index contributed by atoms with van der Waals surface area (Å²) in [6.45, 7) is 9.31. The van der Waals surface area contributed by atoms with Crippen molar-refractivity contribution in [1.82, 2.24) is 0 Å². The third kappa shape index (κ3) is 5.19. The highest BCUT2D eigenvalue weighted by atomic mass is 16.2. The second-order valence-electron chi connectivity index (χ2n) is 6.54. The maximum Gasteiger partial charge on any atom is 0.241 e. The summed E-state index contributed by atoms with van der Waals surface area (Å²) in [5.74, 6) is -0.247. The second kappa shape index (κ2) is 6.72. The van der Waals surface area contributed by atoms with Crippen LogP contribution in [0.15, 0.2) is 24.3 Å². The maximum absolute atomic E-state index is 11.9. The van der Waals surface area contributed by atoms with E-state index in [1.165, 1.54) is 0 Å². The zero-order valence-corrected chi connectivity index (χ0v) is 13.4. The number of hydrogen-bond donors (Lipinski definition) is 3. The molecule has 1 rings (SSSR count). The molecule has 0 aliphatic carbocycles. The Balaban J connectivity index is 2.78. The molecule has 0 saturated carbocycles. The van der Waals surface area contributed by atoms with Crippen molar-refractivity contribution in [3.8, 4) is 0 Å². The zero-order valence-electron chi connectivity index (χ0n) is 13.4. The van der Waals surface area contributed by atoms with E-state index in [-0.39, 0.29) is 17.7 Å². The number of hydrogen-bond acceptors (Lipinski definition) is 3. The SMILES string of the molecule is CC(C)[C@H](N)C(=O)Nc1cccc(NC(=O)C(C)(C)C)c1. The van der Waals surface area contributed by atoms with Gasteiger partial charge in [-0.1, -0.05) is 40.7 Å². The average molecular weight is 291 g/mol. The lowest BCUT2D eigenvalue weighted by atomic mass is 9.95. The van der Waals surface area contributed by atoms with Crippen molar-refractivity contribution in [3.05, 3.63) is 24.3 Å². The summed E-state index contributed by atoms with van der Waals surface area (Å²) in [5.41, 5.74) is 6.59. The molecule has 1 aromatic carbocycles. The lowest BCUT2D eigenvalue weighted by Gasteiger charge is -2.18. The van der Waals surface area contributed by atoms with Gasteiger partial charge in [0.1, 0.15) is 0 Å². The van der Waals surface area contributed by atoms with Crippen molar-refractivity contribution >= 4 is 23.2 Å². The molecule has 0 saturated heterocycles. The molecule has 0 fully saturated rings. The lowest BCUT2D eigenvalue weighted by molar-refractivity contribution is -0.123. The highest BCUT2D eigenvalue weighted by molar-refractivity contribution is 5.97. The lowest BCUT2D eigenvalue weighted by Crippen LogP contribution is -2.39. The average Bonchev–Trinajstić information content (AvgIpc) is 2.36. The van der Waals surface area contributed by atoms with Crippen LogP contribution in [0.3, 0.4) is 0 Å². The first-order chi connectivity index (χ1) is 9.61. The number of nitrogens with one attached hydrogen (secondary N) is 2. The molecule has 116 valence electrons. The molecule has 0 aliphatic heterocycles. The third-order valence-corrected chi connectivity index (χ3v) is 3.09. The van der Waals surface area contributed by atoms with E-state index in [0.717, 1.165) is 0 Å². The van der Waals surface area contributed by atoms with Gasteiger partial charge in [0.15, 0.2) is 0 Å². The summed E-state index contributed by atoms with van der Waals surface area (Å²) in [6, 6.07) is 6.47. The van der Waals surface area contributed by atoms with E-state index in [2.05, 4.69) is 10.6 Å². The van der Waals surface area contributed by atoms with E-state index >= 15 is 0 Å². The Hall–Kier alpha value is -1.88. The van der Waals surface area contributed by atoms with Crippen molar-refractivity contribution < 1.29 is 9.59 Å². The number of anilines is 2. The topological polar surface area (TPSA) is 84.2 Å². The van der Waals surface area contributed by atoms with Crippen molar-refractivity contribution in [3.63, 3.8) is 0 Å². The summed E-state index contributed by atoms with van der Waals surface area (Å²) < 4.78 is 0. The van der Waals surface area contributed by atoms with Crippen LogP contribution in [0.25, 0.3) is 0 Å². The van der Waals surface area contributed by atoms with Crippen LogP contribution >= 0.6 is 0 Å². The fraction of sp³-hybridized carbons (Fsp3) is 0.500. The van der Waals surface area contributed by atoms with Gasteiger partial charge in [-0.3, -0.25) is 9.59 Å². The monoisotopic (exact) mass is 291 g/mol. The smallest absolute Gasteiger partial charge is 0.241 e. The molecule has 4 N–H and O–H groups in total. The Morgan fingerprint density at radius 1 is 1.10 bits per heavy atom. The van der Waals surface area contributed by atoms with E-state index < -0.39 is 11.5 Å². The van der Waals surface area contributed by atoms with E-state index in [1.807, 2.05) is 34.6 Å². The van der Waals surface area contributed by atoms with Crippen LogP contribution in [-0.4, -0.2) is 17.9 Å². The first-order valence-corrected chi connectivity index (χ1v) is 7.09. The van der Waals surface area contributed by atoms with Crippen molar-refractivity contribution in [2.24, 2.45) is 17.1 Å². The molecule has 5 nitrogen and oxygen atoms in total. The predicted octanol–water partition coefficient (Wildman–Crippen LogP) is 2.59. The maximum atomic E-state index is 11.9. The van der Waals surface area contributed by atoms with Crippen LogP contribution in [-0.2, 0) is 9.59 Å². The number of carbonyl (C=O) groups excluding carboxylic acids is 2. The van der Waals surface area contributed by atoms with Crippen molar-refractivity contribution in [1.29, 1.82) is 0 Å². The Morgan fingerprint density at radius 2 is 1.62 bits per heavy atom. The van der Waals surface area contributed by atoms with Gasteiger partial charge in [-0.15, -0.1) is 0 Å². The fourth-order valence-electron chi connectivity index (χ4n) is 1.52. The molecule has 0 bridgehead atoms. The molecule has 2 amide bonds. The summed E-state index contributed by atoms with van der Waals surface area (Å²) in [6.07, 6.45) is 0. The van der Waals surface area contributed by atoms with Crippen LogP contribution in [0.2, 0.25) is 0 Å². The minimum Gasteiger partial charge on any atom is -0.326 e. The number of rotatable bonds is 4. The summed E-state index contributed by atoms with van der Waals surface area (Å²) >= 11 is 0. The molecule has 5 heteroatoms. The van der Waals surface area contributed by atoms with E-state index in [9.17, 15) is 9.59 Å². The fourth-order valence-corrected chi connectivity index (χ4v) is 1.52. The zero-order chi connectivity index (χ0) is 16.2. The Labute approximate surface area is 126 Å². The summed E-state index contributed by atoms with van der Waals surface area (Å²) in [7, 11) is 0. The highest BCUT2D eigenvalue weighted by Gasteiger charge is 2.21. The highest BCUT2D eigenvalue weighted by Crippen LogP contribution is 2.20. The van der Waals surface area contributed by atoms with Gasteiger partial charge in [-0.25, -0.2) is 0 Å². The molecule has 0 spiro atoms. The van der Waals surface area contributed by atoms with Crippen molar-refractivity contribution in [2.75, 3.05) is 10.6 Å². The first kappa shape index (κ1) is 17.2. The first-order valence-electron chi connectivity index (χ1n) is 7.09. The minimum atomic E-state index is -0.558. The molecule has 0 radical (unpaired) electrons. The molecule has 1 atom stereocenters. The summed E-state index contributed by atoms with van der Waals surface area (Å²) in [4.78, 5) is 23.9. The summed E-state index contributed by atoms with van der Waals surface area (Å²) in [5, 5.41) is 5.59. The molecule has 0 aromatic heterocycles. The van der Waals surface area contributed by atoms with Gasteiger partial charge in [0.25, 0.3) is 0 Å². The quantitative estimate of drug-likeness (QED) is 0.797. The van der Waals surface area contributed by atoms with Crippen LogP contribution in [0.4, 0.5) is 11.4 Å². The number of carbonyl (C=O) groups is 2. The van der Waals surface area contributed by atoms with Crippen LogP contribution in [0.5, 0.6) is 0 Å². The van der Waals surface area contributed by atoms with Gasteiger partial charge in [0.05, 0.1) is 6.04 Å². The van der Waals surface area contributed by atoms with Crippen molar-refractivity contribution in [2.45, 2.75) is 40.7 Å². The van der Waals surface area contributed by atoms with Crippen LogP contribution < -0.4 is 16.4 Å². The molecule has 0 heterocycles. The van der Waals surface area contributed by atoms with Gasteiger partial charge < -0.3 is 16.4 Å². The van der Waals surface area contributed by atoms with Gasteiger partial charge in [0.2, 0.25) is 11.8 Å². The number of benzene rings is 1. The van der Waals surface area contributed by atoms with Gasteiger partial charge in [-0.2, -0.15) is 0 Å². The van der Waals surface area contributed by atoms with Gasteiger partial charge >= 0.3 is 0 Å². The van der Waals surface area contributed by atoms with Gasteiger partial charge in [0, 0.05) is 16.8 Å². The standard InChI is InChI=1S/C16H25N3O2/c1-10(2)13(17)14(20)18-11-7-6-8-12(9-11)19-15(21)16(3,4)5/h6-10,13H,17H2,1-5H3,(H,18,20)(H,19,21)/t13-/m0/s1. The molecular formula is C16H25N3O2.